The van der Waals surface area contributed by atoms with E-state index in [1.165, 1.54) is 0 Å². The summed E-state index contributed by atoms with van der Waals surface area (Å²) in [5.74, 6) is 0.0967. The number of rotatable bonds is 2. The maximum absolute atomic E-state index is 8.40. The van der Waals surface area contributed by atoms with Crippen LogP contribution < -0.4 is 0 Å². The van der Waals surface area contributed by atoms with Crippen molar-refractivity contribution >= 4 is 17.3 Å². The third kappa shape index (κ3) is 2.54. The number of halogens is 1. The molecule has 14 heavy (non-hydrogen) atoms. The zero-order chi connectivity index (χ0) is 10.6. The number of pyridine rings is 1. The number of hydrogen-bond donors (Lipinski definition) is 0. The molecular formula is C10H10ClN3. The number of hydrogen-bond acceptors (Lipinski definition) is 3. The highest BCUT2D eigenvalue weighted by Crippen LogP contribution is 2.17. The van der Waals surface area contributed by atoms with Crippen molar-refractivity contribution in [3.63, 3.8) is 0 Å². The first-order chi connectivity index (χ1) is 6.65. The summed E-state index contributed by atoms with van der Waals surface area (Å²) >= 11 is 5.66. The molecule has 0 aliphatic heterocycles. The molecule has 1 aromatic rings. The molecule has 0 N–H and O–H groups in total. The third-order valence-electron chi connectivity index (χ3n) is 2.10. The van der Waals surface area contributed by atoms with Gasteiger partial charge < -0.3 is 0 Å². The second kappa shape index (κ2) is 4.73. The van der Waals surface area contributed by atoms with Gasteiger partial charge in [0.1, 0.15) is 5.15 Å². The van der Waals surface area contributed by atoms with Crippen LogP contribution in [0.2, 0.25) is 5.15 Å². The number of nitriles is 1. The van der Waals surface area contributed by atoms with Crippen molar-refractivity contribution in [3.05, 3.63) is 29.0 Å². The summed E-state index contributed by atoms with van der Waals surface area (Å²) in [6.07, 6.45) is 3.47. The molecular weight excluding hydrogens is 198 g/mol. The topological polar surface area (TPSA) is 49.0 Å². The van der Waals surface area contributed by atoms with Gasteiger partial charge in [-0.15, -0.1) is 0 Å². The van der Waals surface area contributed by atoms with Crippen molar-refractivity contribution in [2.24, 2.45) is 4.99 Å². The van der Waals surface area contributed by atoms with Crippen LogP contribution in [-0.2, 0) is 0 Å². The van der Waals surface area contributed by atoms with E-state index in [9.17, 15) is 0 Å². The Morgan fingerprint density at radius 2 is 2.36 bits per heavy atom. The highest BCUT2D eigenvalue weighted by atomic mass is 35.5. The normalized spacial score (nSPS) is 13.4. The standard InChI is InChI=1S/C10H10ClN3/c1-7(8(2)14-6-12)9-3-4-10(11)13-5-9/h3-5,7H,1-2H3. The molecule has 0 aliphatic carbocycles. The van der Waals surface area contributed by atoms with Gasteiger partial charge in [-0.25, -0.2) is 4.98 Å². The maximum Gasteiger partial charge on any atom is 0.205 e. The summed E-state index contributed by atoms with van der Waals surface area (Å²) in [6, 6.07) is 3.61. The Balaban J connectivity index is 2.91. The Hall–Kier alpha value is -1.40. The van der Waals surface area contributed by atoms with Crippen LogP contribution in [0.4, 0.5) is 0 Å². The summed E-state index contributed by atoms with van der Waals surface area (Å²) in [7, 11) is 0. The lowest BCUT2D eigenvalue weighted by Crippen LogP contribution is -2.04. The molecule has 0 saturated carbocycles. The molecule has 0 aliphatic rings. The van der Waals surface area contributed by atoms with Gasteiger partial charge in [0.2, 0.25) is 6.19 Å². The quantitative estimate of drug-likeness (QED) is 0.425. The van der Waals surface area contributed by atoms with Crippen molar-refractivity contribution in [1.29, 1.82) is 5.26 Å². The number of aliphatic imine (C=N–C) groups is 1. The van der Waals surface area contributed by atoms with E-state index in [1.54, 1.807) is 18.5 Å². The molecule has 0 bridgehead atoms. The summed E-state index contributed by atoms with van der Waals surface area (Å²) in [6.45, 7) is 3.80. The first kappa shape index (κ1) is 10.7. The fourth-order valence-electron chi connectivity index (χ4n) is 1.06. The molecule has 1 rings (SSSR count). The SMILES string of the molecule is CC(=NC#N)C(C)c1ccc(Cl)nc1. The van der Waals surface area contributed by atoms with E-state index in [4.69, 9.17) is 16.9 Å². The highest BCUT2D eigenvalue weighted by molar-refractivity contribution is 6.29. The Kier molecular flexibility index (Phi) is 3.61. The van der Waals surface area contributed by atoms with Crippen molar-refractivity contribution < 1.29 is 0 Å². The third-order valence-corrected chi connectivity index (χ3v) is 2.33. The molecule has 1 heterocycles. The summed E-state index contributed by atoms with van der Waals surface area (Å²) in [5, 5.41) is 8.87. The Morgan fingerprint density at radius 3 is 2.86 bits per heavy atom. The fraction of sp³-hybridized carbons (Fsp3) is 0.300. The second-order valence-electron chi connectivity index (χ2n) is 2.99. The van der Waals surface area contributed by atoms with Crippen molar-refractivity contribution in [1.82, 2.24) is 4.98 Å². The molecule has 72 valence electrons. The lowest BCUT2D eigenvalue weighted by Gasteiger charge is -2.09. The molecule has 4 heteroatoms. The minimum atomic E-state index is 0.0967. The summed E-state index contributed by atoms with van der Waals surface area (Å²) < 4.78 is 0. The first-order valence-electron chi connectivity index (χ1n) is 4.20. The zero-order valence-corrected chi connectivity index (χ0v) is 8.78. The Morgan fingerprint density at radius 1 is 1.64 bits per heavy atom. The lowest BCUT2D eigenvalue weighted by molar-refractivity contribution is 0.993. The lowest BCUT2D eigenvalue weighted by atomic mass is 9.99. The Labute approximate surface area is 88.1 Å². The van der Waals surface area contributed by atoms with Crippen LogP contribution in [0.5, 0.6) is 0 Å². The van der Waals surface area contributed by atoms with Crippen LogP contribution in [0.15, 0.2) is 23.3 Å². The number of aromatic nitrogens is 1. The molecule has 0 fully saturated rings. The maximum atomic E-state index is 8.40. The monoisotopic (exact) mass is 207 g/mol. The minimum absolute atomic E-state index is 0.0967. The van der Waals surface area contributed by atoms with Crippen LogP contribution in [0, 0.1) is 11.5 Å². The molecule has 0 amide bonds. The highest BCUT2D eigenvalue weighted by Gasteiger charge is 2.08. The smallest absolute Gasteiger partial charge is 0.205 e. The van der Waals surface area contributed by atoms with Crippen molar-refractivity contribution in [3.8, 4) is 6.19 Å². The van der Waals surface area contributed by atoms with Gasteiger partial charge in [0, 0.05) is 17.8 Å². The van der Waals surface area contributed by atoms with Crippen LogP contribution >= 0.6 is 11.6 Å². The van der Waals surface area contributed by atoms with Gasteiger partial charge >= 0.3 is 0 Å². The van der Waals surface area contributed by atoms with Gasteiger partial charge in [-0.1, -0.05) is 24.6 Å². The Bertz CT molecular complexity index is 375. The predicted octanol–water partition coefficient (Wildman–Crippen LogP) is 2.78. The van der Waals surface area contributed by atoms with Gasteiger partial charge in [0.15, 0.2) is 0 Å². The van der Waals surface area contributed by atoms with Gasteiger partial charge in [-0.05, 0) is 18.6 Å². The predicted molar refractivity (Wildman–Crippen MR) is 56.4 cm³/mol. The largest absolute Gasteiger partial charge is 0.244 e. The first-order valence-corrected chi connectivity index (χ1v) is 4.57. The molecule has 0 radical (unpaired) electrons. The van der Waals surface area contributed by atoms with Crippen LogP contribution in [0.25, 0.3) is 0 Å². The molecule has 0 saturated heterocycles. The van der Waals surface area contributed by atoms with Crippen molar-refractivity contribution in [2.45, 2.75) is 19.8 Å². The van der Waals surface area contributed by atoms with Crippen LogP contribution in [0.3, 0.4) is 0 Å². The molecule has 1 atom stereocenters. The van der Waals surface area contributed by atoms with E-state index in [2.05, 4.69) is 9.98 Å². The van der Waals surface area contributed by atoms with E-state index in [0.717, 1.165) is 11.3 Å². The molecule has 1 aromatic heterocycles. The summed E-state index contributed by atoms with van der Waals surface area (Å²) in [5.41, 5.74) is 1.78. The van der Waals surface area contributed by atoms with Crippen LogP contribution in [0.1, 0.15) is 25.3 Å². The molecule has 1 unspecified atom stereocenters. The van der Waals surface area contributed by atoms with Gasteiger partial charge in [-0.2, -0.15) is 10.3 Å². The molecule has 3 nitrogen and oxygen atoms in total. The fourth-order valence-corrected chi connectivity index (χ4v) is 1.17. The van der Waals surface area contributed by atoms with Gasteiger partial charge in [0.25, 0.3) is 0 Å². The van der Waals surface area contributed by atoms with Gasteiger partial charge in [-0.3, -0.25) is 0 Å². The van der Waals surface area contributed by atoms with E-state index in [-0.39, 0.29) is 5.92 Å². The average Bonchev–Trinajstić information content (AvgIpc) is 2.18. The van der Waals surface area contributed by atoms with Gasteiger partial charge in [0.05, 0.1) is 0 Å². The van der Waals surface area contributed by atoms with Crippen LogP contribution in [-0.4, -0.2) is 10.7 Å². The molecule has 0 spiro atoms. The van der Waals surface area contributed by atoms with E-state index >= 15 is 0 Å². The second-order valence-corrected chi connectivity index (χ2v) is 3.38. The summed E-state index contributed by atoms with van der Waals surface area (Å²) in [4.78, 5) is 7.65. The average molecular weight is 208 g/mol. The molecule has 0 aromatic carbocycles. The number of nitrogens with zero attached hydrogens (tertiary/aromatic N) is 3. The van der Waals surface area contributed by atoms with E-state index in [1.807, 2.05) is 19.9 Å². The minimum Gasteiger partial charge on any atom is -0.244 e. The zero-order valence-electron chi connectivity index (χ0n) is 8.03. The van der Waals surface area contributed by atoms with E-state index in [0.29, 0.717) is 5.15 Å². The van der Waals surface area contributed by atoms with Crippen molar-refractivity contribution in [2.75, 3.05) is 0 Å². The van der Waals surface area contributed by atoms with E-state index < -0.39 is 0 Å².